The fourth-order valence-electron chi connectivity index (χ4n) is 11.5. The SMILES string of the molecule is CC1(C)c2ccccc2-c2c1sc1ccc(N(c3ccccc3)c3cccc(-c4ccccc4-c4cccc5c4-c4ccccc4C54c5ccccc5-c5ccccc54)c3)cc21. The smallest absolute Gasteiger partial charge is 0.0725 e. The molecule has 0 aliphatic heterocycles. The van der Waals surface area contributed by atoms with E-state index in [-0.39, 0.29) is 10.8 Å². The highest BCUT2D eigenvalue weighted by molar-refractivity contribution is 7.20. The molecule has 3 aliphatic carbocycles. The van der Waals surface area contributed by atoms with Crippen LogP contribution in [0, 0.1) is 0 Å². The minimum absolute atomic E-state index is 0.0236. The molecule has 1 nitrogen and oxygen atoms in total. The third-order valence-electron chi connectivity index (χ3n) is 14.0. The van der Waals surface area contributed by atoms with Crippen molar-refractivity contribution >= 4 is 38.5 Å². The summed E-state index contributed by atoms with van der Waals surface area (Å²) in [6.07, 6.45) is 0. The molecule has 2 heteroatoms. The molecule has 1 spiro atoms. The second-order valence-corrected chi connectivity index (χ2v) is 18.6. The van der Waals surface area contributed by atoms with E-state index in [4.69, 9.17) is 0 Å². The van der Waals surface area contributed by atoms with Gasteiger partial charge in [-0.3, -0.25) is 0 Å². The number of thiophene rings is 1. The van der Waals surface area contributed by atoms with Gasteiger partial charge < -0.3 is 4.90 Å². The monoisotopic (exact) mass is 807 g/mol. The van der Waals surface area contributed by atoms with Crippen LogP contribution in [0.25, 0.3) is 65.7 Å². The van der Waals surface area contributed by atoms with Crippen LogP contribution in [0.4, 0.5) is 17.1 Å². The van der Waals surface area contributed by atoms with Crippen LogP contribution >= 0.6 is 11.3 Å². The molecule has 0 fully saturated rings. The second-order valence-electron chi connectivity index (χ2n) is 17.5. The Balaban J connectivity index is 0.985. The highest BCUT2D eigenvalue weighted by Crippen LogP contribution is 2.64. The van der Waals surface area contributed by atoms with Crippen molar-refractivity contribution in [1.29, 1.82) is 0 Å². The standard InChI is InChI=1S/C60H41NS/c1-59(2)50-29-12-10-26-47(50)57-49-37-41(34-35-55(49)62-58(57)59)61(39-19-4-3-5-20-39)40-21-16-18-38(36-40)42-22-6-7-23-43(42)46-28-17-33-54-56(46)48-27-11-15-32-53(48)60(54)51-30-13-8-24-44(51)45-25-9-14-31-52(45)60/h3-37H,1-2H3. The number of fused-ring (bicyclic) bond motifs is 15. The summed E-state index contributed by atoms with van der Waals surface area (Å²) < 4.78 is 1.33. The highest BCUT2D eigenvalue weighted by Gasteiger charge is 2.52. The van der Waals surface area contributed by atoms with E-state index in [1.165, 1.54) is 98.4 Å². The molecule has 0 bridgehead atoms. The molecule has 0 N–H and O–H groups in total. The molecule has 10 aromatic rings. The molecule has 1 heterocycles. The average molecular weight is 808 g/mol. The van der Waals surface area contributed by atoms with Gasteiger partial charge in [0.1, 0.15) is 0 Å². The van der Waals surface area contributed by atoms with E-state index in [1.54, 1.807) is 0 Å². The zero-order valence-corrected chi connectivity index (χ0v) is 35.4. The van der Waals surface area contributed by atoms with E-state index in [9.17, 15) is 0 Å². The van der Waals surface area contributed by atoms with Crippen molar-refractivity contribution in [2.45, 2.75) is 24.7 Å². The summed E-state index contributed by atoms with van der Waals surface area (Å²) in [6, 6.07) is 79.3. The molecule has 13 rings (SSSR count). The van der Waals surface area contributed by atoms with Gasteiger partial charge in [-0.25, -0.2) is 0 Å². The van der Waals surface area contributed by atoms with Crippen molar-refractivity contribution in [2.24, 2.45) is 0 Å². The highest BCUT2D eigenvalue weighted by atomic mass is 32.1. The summed E-state index contributed by atoms with van der Waals surface area (Å²) in [5.74, 6) is 0. The normalized spacial score (nSPS) is 14.2. The quantitative estimate of drug-likeness (QED) is 0.167. The Hall–Kier alpha value is -7.26. The number of nitrogens with zero attached hydrogens (tertiary/aromatic N) is 1. The molecule has 292 valence electrons. The van der Waals surface area contributed by atoms with Crippen molar-refractivity contribution < 1.29 is 0 Å². The topological polar surface area (TPSA) is 3.24 Å². The lowest BCUT2D eigenvalue weighted by Crippen LogP contribution is -2.25. The zero-order valence-electron chi connectivity index (χ0n) is 34.6. The first kappa shape index (κ1) is 35.5. The number of anilines is 3. The second kappa shape index (κ2) is 13.1. The van der Waals surface area contributed by atoms with Crippen molar-refractivity contribution in [3.05, 3.63) is 245 Å². The van der Waals surface area contributed by atoms with Crippen LogP contribution in [-0.2, 0) is 10.8 Å². The Morgan fingerprint density at radius 2 is 0.855 bits per heavy atom. The first-order valence-corrected chi connectivity index (χ1v) is 22.5. The third-order valence-corrected chi connectivity index (χ3v) is 15.5. The van der Waals surface area contributed by atoms with Gasteiger partial charge in [0.25, 0.3) is 0 Å². The van der Waals surface area contributed by atoms with Crippen LogP contribution in [0.3, 0.4) is 0 Å². The minimum Gasteiger partial charge on any atom is -0.310 e. The van der Waals surface area contributed by atoms with Crippen LogP contribution in [-0.4, -0.2) is 0 Å². The van der Waals surface area contributed by atoms with Gasteiger partial charge in [0, 0.05) is 43.0 Å². The van der Waals surface area contributed by atoms with E-state index in [2.05, 4.69) is 231 Å². The summed E-state index contributed by atoms with van der Waals surface area (Å²) in [6.45, 7) is 4.75. The molecule has 9 aromatic carbocycles. The van der Waals surface area contributed by atoms with Crippen LogP contribution in [0.15, 0.2) is 212 Å². The van der Waals surface area contributed by atoms with Crippen molar-refractivity contribution in [2.75, 3.05) is 4.90 Å². The molecule has 62 heavy (non-hydrogen) atoms. The Morgan fingerprint density at radius 3 is 1.56 bits per heavy atom. The van der Waals surface area contributed by atoms with E-state index in [0.29, 0.717) is 0 Å². The Labute approximate surface area is 366 Å². The molecule has 0 saturated heterocycles. The molecule has 0 radical (unpaired) electrons. The van der Waals surface area contributed by atoms with Crippen LogP contribution in [0.1, 0.15) is 46.5 Å². The maximum absolute atomic E-state index is 2.43. The summed E-state index contributed by atoms with van der Waals surface area (Å²) in [5.41, 5.74) is 22.8. The van der Waals surface area contributed by atoms with Gasteiger partial charge >= 0.3 is 0 Å². The summed E-state index contributed by atoms with van der Waals surface area (Å²) in [5, 5.41) is 1.33. The Morgan fingerprint density at radius 1 is 0.355 bits per heavy atom. The first-order valence-electron chi connectivity index (χ1n) is 21.7. The molecule has 3 aliphatic rings. The van der Waals surface area contributed by atoms with Crippen molar-refractivity contribution in [1.82, 2.24) is 0 Å². The van der Waals surface area contributed by atoms with Crippen molar-refractivity contribution in [3.8, 4) is 55.6 Å². The fourth-order valence-corrected chi connectivity index (χ4v) is 12.8. The Kier molecular flexibility index (Phi) is 7.51. The van der Waals surface area contributed by atoms with Gasteiger partial charge in [-0.15, -0.1) is 11.3 Å². The summed E-state index contributed by atoms with van der Waals surface area (Å²) in [4.78, 5) is 3.88. The van der Waals surface area contributed by atoms with Gasteiger partial charge in [0.05, 0.1) is 5.41 Å². The predicted molar refractivity (Wildman–Crippen MR) is 261 cm³/mol. The average Bonchev–Trinajstić information content (AvgIpc) is 4.02. The molecule has 0 saturated carbocycles. The fraction of sp³-hybridized carbons (Fsp3) is 0.0667. The van der Waals surface area contributed by atoms with Gasteiger partial charge in [-0.1, -0.05) is 184 Å². The number of para-hydroxylation sites is 1. The third kappa shape index (κ3) is 4.73. The van der Waals surface area contributed by atoms with Crippen LogP contribution in [0.5, 0.6) is 0 Å². The molecular formula is C60H41NS. The zero-order chi connectivity index (χ0) is 41.2. The number of hydrogen-bond acceptors (Lipinski definition) is 2. The van der Waals surface area contributed by atoms with E-state index >= 15 is 0 Å². The molecule has 0 amide bonds. The number of benzene rings is 9. The lowest BCUT2D eigenvalue weighted by Gasteiger charge is -2.30. The van der Waals surface area contributed by atoms with E-state index in [0.717, 1.165) is 17.1 Å². The van der Waals surface area contributed by atoms with Crippen molar-refractivity contribution in [3.63, 3.8) is 0 Å². The first-order chi connectivity index (χ1) is 30.5. The van der Waals surface area contributed by atoms with Gasteiger partial charge in [0.15, 0.2) is 0 Å². The Bertz CT molecular complexity index is 3410. The minimum atomic E-state index is -0.387. The molecular weight excluding hydrogens is 767 g/mol. The molecule has 1 aromatic heterocycles. The maximum atomic E-state index is 2.43. The predicted octanol–water partition coefficient (Wildman–Crippen LogP) is 16.4. The van der Waals surface area contributed by atoms with Gasteiger partial charge in [0.2, 0.25) is 0 Å². The van der Waals surface area contributed by atoms with Gasteiger partial charge in [-0.2, -0.15) is 0 Å². The van der Waals surface area contributed by atoms with Crippen LogP contribution < -0.4 is 4.90 Å². The van der Waals surface area contributed by atoms with Crippen LogP contribution in [0.2, 0.25) is 0 Å². The molecule has 0 unspecified atom stereocenters. The lowest BCUT2D eigenvalue weighted by atomic mass is 9.70. The number of rotatable bonds is 5. The summed E-state index contributed by atoms with van der Waals surface area (Å²) in [7, 11) is 0. The summed E-state index contributed by atoms with van der Waals surface area (Å²) >= 11 is 1.95. The van der Waals surface area contributed by atoms with E-state index in [1.807, 2.05) is 11.3 Å². The lowest BCUT2D eigenvalue weighted by molar-refractivity contribution is 0.674. The maximum Gasteiger partial charge on any atom is 0.0725 e. The number of hydrogen-bond donors (Lipinski definition) is 0. The largest absolute Gasteiger partial charge is 0.310 e. The van der Waals surface area contributed by atoms with E-state index < -0.39 is 0 Å². The van der Waals surface area contributed by atoms with Gasteiger partial charge in [-0.05, 0) is 120 Å². The molecule has 0 atom stereocenters.